The fourth-order valence-electron chi connectivity index (χ4n) is 2.28. The van der Waals surface area contributed by atoms with Crippen molar-refractivity contribution in [3.63, 3.8) is 0 Å². The van der Waals surface area contributed by atoms with Crippen molar-refractivity contribution in [1.29, 1.82) is 0 Å². The number of imidazole rings is 1. The fourth-order valence-corrected chi connectivity index (χ4v) is 2.62. The molecule has 0 spiro atoms. The highest BCUT2D eigenvalue weighted by Gasteiger charge is 2.45. The van der Waals surface area contributed by atoms with Crippen molar-refractivity contribution in [2.24, 2.45) is 0 Å². The maximum absolute atomic E-state index is 11.6. The molecule has 13 heteroatoms. The van der Waals surface area contributed by atoms with E-state index in [0.29, 0.717) is 0 Å². The fraction of sp³-hybridized carbons (Fsp3) is 0.500. The average molecular weight is 348 g/mol. The van der Waals surface area contributed by atoms with Gasteiger partial charge in [0.15, 0.2) is 11.2 Å². The molecule has 0 bridgehead atoms. The highest BCUT2D eigenvalue weighted by atomic mass is 31.2. The molecule has 3 heterocycles. The third kappa shape index (κ3) is 3.19. The lowest BCUT2D eigenvalue weighted by molar-refractivity contribution is -0.0244. The summed E-state index contributed by atoms with van der Waals surface area (Å²) < 4.78 is 20.3. The van der Waals surface area contributed by atoms with Gasteiger partial charge < -0.3 is 34.7 Å². The number of phosphoric acid groups is 1. The van der Waals surface area contributed by atoms with E-state index in [1.54, 1.807) is 0 Å². The van der Waals surface area contributed by atoms with Crippen LogP contribution in [0.4, 0.5) is 0 Å². The number of ether oxygens (including phenoxy) is 1. The molecule has 0 saturated carbocycles. The van der Waals surface area contributed by atoms with Crippen molar-refractivity contribution in [2.75, 3.05) is 6.61 Å². The molecular weight excluding hydrogens is 335 g/mol. The summed E-state index contributed by atoms with van der Waals surface area (Å²) in [4.78, 5) is 41.8. The maximum Gasteiger partial charge on any atom is 0.469 e. The van der Waals surface area contributed by atoms with Gasteiger partial charge in [-0.05, 0) is 0 Å². The first kappa shape index (κ1) is 16.2. The van der Waals surface area contributed by atoms with Gasteiger partial charge in [0.25, 0.3) is 5.56 Å². The smallest absolute Gasteiger partial charge is 0.387 e. The van der Waals surface area contributed by atoms with E-state index in [9.17, 15) is 19.6 Å². The number of aromatic amines is 2. The molecule has 0 unspecified atom stereocenters. The van der Waals surface area contributed by atoms with Gasteiger partial charge in [-0.15, -0.1) is 0 Å². The maximum atomic E-state index is 11.6. The van der Waals surface area contributed by atoms with Crippen LogP contribution in [-0.4, -0.2) is 64.9 Å². The van der Waals surface area contributed by atoms with Gasteiger partial charge in [-0.3, -0.25) is 9.32 Å². The largest absolute Gasteiger partial charge is 0.469 e. The van der Waals surface area contributed by atoms with Crippen LogP contribution in [0, 0.1) is 0 Å². The molecule has 23 heavy (non-hydrogen) atoms. The van der Waals surface area contributed by atoms with Crippen LogP contribution in [0.5, 0.6) is 0 Å². The zero-order chi connectivity index (χ0) is 16.8. The normalized spacial score (nSPS) is 28.5. The number of aliphatic hydroxyl groups excluding tert-OH is 2. The summed E-state index contributed by atoms with van der Waals surface area (Å²) in [6.45, 7) is -0.627. The van der Waals surface area contributed by atoms with Crippen LogP contribution < -0.4 is 5.56 Å². The van der Waals surface area contributed by atoms with Crippen molar-refractivity contribution in [3.8, 4) is 0 Å². The Labute approximate surface area is 127 Å². The molecule has 1 aliphatic rings. The Kier molecular flexibility index (Phi) is 4.06. The Morgan fingerprint density at radius 1 is 1.35 bits per heavy atom. The van der Waals surface area contributed by atoms with Crippen molar-refractivity contribution in [2.45, 2.75) is 24.4 Å². The molecule has 1 aliphatic heterocycles. The van der Waals surface area contributed by atoms with Crippen LogP contribution in [0.25, 0.3) is 11.2 Å². The topological polar surface area (TPSA) is 191 Å². The molecule has 3 rings (SSSR count). The van der Waals surface area contributed by atoms with Crippen molar-refractivity contribution in [1.82, 2.24) is 19.9 Å². The highest BCUT2D eigenvalue weighted by Crippen LogP contribution is 2.39. The lowest BCUT2D eigenvalue weighted by atomic mass is 10.1. The molecule has 0 aliphatic carbocycles. The summed E-state index contributed by atoms with van der Waals surface area (Å²) in [5.74, 6) is 0.0504. The summed E-state index contributed by atoms with van der Waals surface area (Å²) in [7, 11) is -4.74. The number of rotatable bonds is 4. The van der Waals surface area contributed by atoms with Crippen LogP contribution in [-0.2, 0) is 13.8 Å². The predicted octanol–water partition coefficient (Wildman–Crippen LogP) is -2.08. The molecule has 0 amide bonds. The number of phosphoric ester groups is 1. The summed E-state index contributed by atoms with van der Waals surface area (Å²) in [6.07, 6.45) is -4.04. The van der Waals surface area contributed by atoms with E-state index < -0.39 is 44.4 Å². The molecule has 0 aromatic carbocycles. The summed E-state index contributed by atoms with van der Waals surface area (Å²) in [5, 5.41) is 19.9. The molecule has 1 fully saturated rings. The second-order valence-corrected chi connectivity index (χ2v) is 6.15. The summed E-state index contributed by atoms with van der Waals surface area (Å²) in [6, 6.07) is 0. The van der Waals surface area contributed by atoms with E-state index in [4.69, 9.17) is 14.5 Å². The van der Waals surface area contributed by atoms with E-state index >= 15 is 0 Å². The Bertz CT molecular complexity index is 815. The van der Waals surface area contributed by atoms with Crippen molar-refractivity contribution >= 4 is 19.0 Å². The standard InChI is InChI=1S/C10H13N4O8P/c15-5-3(1-21-23(18,19)20)22-7(6(5)16)9-13-4-8(14-9)11-2-12-10(4)17/h2-3,5-7,15-16H,1H2,(H2,18,19,20)(H2,11,12,13,14,17)/t3-,5+,6-,7-/m1/s1. The van der Waals surface area contributed by atoms with Gasteiger partial charge in [-0.25, -0.2) is 14.5 Å². The first-order valence-electron chi connectivity index (χ1n) is 6.41. The number of aliphatic hydroxyl groups is 2. The Morgan fingerprint density at radius 3 is 2.74 bits per heavy atom. The molecule has 126 valence electrons. The van der Waals surface area contributed by atoms with E-state index in [2.05, 4.69) is 24.5 Å². The number of hydrogen-bond acceptors (Lipinski definition) is 8. The summed E-state index contributed by atoms with van der Waals surface area (Å²) >= 11 is 0. The van der Waals surface area contributed by atoms with Crippen molar-refractivity contribution in [3.05, 3.63) is 22.5 Å². The van der Waals surface area contributed by atoms with Crippen LogP contribution >= 0.6 is 7.82 Å². The molecule has 12 nitrogen and oxygen atoms in total. The lowest BCUT2D eigenvalue weighted by Gasteiger charge is -2.14. The Morgan fingerprint density at radius 2 is 2.09 bits per heavy atom. The lowest BCUT2D eigenvalue weighted by Crippen LogP contribution is -2.33. The van der Waals surface area contributed by atoms with E-state index in [1.807, 2.05) is 0 Å². The molecule has 0 radical (unpaired) electrons. The number of hydrogen-bond donors (Lipinski definition) is 6. The molecule has 1 saturated heterocycles. The third-order valence-corrected chi connectivity index (χ3v) is 3.84. The predicted molar refractivity (Wildman–Crippen MR) is 72.1 cm³/mol. The van der Waals surface area contributed by atoms with Gasteiger partial charge in [0.05, 0.1) is 12.9 Å². The molecule has 4 atom stereocenters. The number of H-pyrrole nitrogens is 2. The Hall–Kier alpha value is -1.66. The van der Waals surface area contributed by atoms with Gasteiger partial charge >= 0.3 is 7.82 Å². The second-order valence-electron chi connectivity index (χ2n) is 4.91. The zero-order valence-electron chi connectivity index (χ0n) is 11.4. The minimum absolute atomic E-state index is 0.0504. The van der Waals surface area contributed by atoms with Crippen LogP contribution in [0.3, 0.4) is 0 Å². The highest BCUT2D eigenvalue weighted by molar-refractivity contribution is 7.46. The van der Waals surface area contributed by atoms with E-state index in [-0.39, 0.29) is 17.0 Å². The van der Waals surface area contributed by atoms with E-state index in [1.165, 1.54) is 0 Å². The number of fused-ring (bicyclic) bond motifs is 1. The van der Waals surface area contributed by atoms with Gasteiger partial charge in [0, 0.05) is 0 Å². The molecule has 2 aromatic rings. The third-order valence-electron chi connectivity index (χ3n) is 3.35. The van der Waals surface area contributed by atoms with Crippen LogP contribution in [0.2, 0.25) is 0 Å². The first-order chi connectivity index (χ1) is 10.8. The quantitative estimate of drug-likeness (QED) is 0.334. The monoisotopic (exact) mass is 348 g/mol. The van der Waals surface area contributed by atoms with E-state index in [0.717, 1.165) is 6.33 Å². The number of nitrogens with zero attached hydrogens (tertiary/aromatic N) is 2. The SMILES string of the molecule is O=c1[nH]cnc2nc([C@@H]3O[C@H](COP(=O)(O)O)[C@H](O)[C@H]3O)[nH]c12. The van der Waals surface area contributed by atoms with Gasteiger partial charge in [-0.2, -0.15) is 0 Å². The second kappa shape index (κ2) is 5.76. The van der Waals surface area contributed by atoms with Crippen molar-refractivity contribution < 1.29 is 33.8 Å². The van der Waals surface area contributed by atoms with Gasteiger partial charge in [0.1, 0.15) is 30.2 Å². The average Bonchev–Trinajstić information content (AvgIpc) is 3.01. The molecule has 2 aromatic heterocycles. The minimum Gasteiger partial charge on any atom is -0.387 e. The minimum atomic E-state index is -4.74. The van der Waals surface area contributed by atoms with Crippen LogP contribution in [0.15, 0.2) is 11.1 Å². The Balaban J connectivity index is 1.83. The molecular formula is C10H13N4O8P. The summed E-state index contributed by atoms with van der Waals surface area (Å²) in [5.41, 5.74) is -0.296. The zero-order valence-corrected chi connectivity index (χ0v) is 12.3. The number of nitrogens with one attached hydrogen (secondary N) is 2. The number of aromatic nitrogens is 4. The van der Waals surface area contributed by atoms with Crippen LogP contribution in [0.1, 0.15) is 11.9 Å². The molecule has 6 N–H and O–H groups in total. The van der Waals surface area contributed by atoms with Gasteiger partial charge in [0.2, 0.25) is 0 Å². The van der Waals surface area contributed by atoms with Gasteiger partial charge in [-0.1, -0.05) is 0 Å². The first-order valence-corrected chi connectivity index (χ1v) is 7.94.